The van der Waals surface area contributed by atoms with Crippen LogP contribution in [0.1, 0.15) is 61.3 Å². The van der Waals surface area contributed by atoms with Gasteiger partial charge >= 0.3 is 0 Å². The molecule has 0 N–H and O–H groups in total. The molecular formula is C38H46ClN5O5. The molecule has 1 aromatic heterocycles. The highest BCUT2D eigenvalue weighted by Gasteiger charge is 2.37. The zero-order valence-electron chi connectivity index (χ0n) is 28.6. The van der Waals surface area contributed by atoms with Crippen LogP contribution >= 0.6 is 11.6 Å². The van der Waals surface area contributed by atoms with Crippen molar-refractivity contribution in [1.29, 1.82) is 0 Å². The van der Waals surface area contributed by atoms with Gasteiger partial charge in [0.25, 0.3) is 0 Å². The molecule has 1 saturated carbocycles. The Labute approximate surface area is 293 Å². The molecule has 1 aliphatic carbocycles. The van der Waals surface area contributed by atoms with E-state index in [9.17, 15) is 9.59 Å². The molecule has 0 spiro atoms. The zero-order valence-corrected chi connectivity index (χ0v) is 29.4. The molecular weight excluding hydrogens is 642 g/mol. The fourth-order valence-corrected chi connectivity index (χ4v) is 8.04. The van der Waals surface area contributed by atoms with Crippen molar-refractivity contribution in [2.45, 2.75) is 63.1 Å². The Morgan fingerprint density at radius 1 is 1.00 bits per heavy atom. The first kappa shape index (κ1) is 33.6. The summed E-state index contributed by atoms with van der Waals surface area (Å²) in [6.45, 7) is 3.41. The van der Waals surface area contributed by atoms with Crippen LogP contribution in [-0.2, 0) is 20.7 Å². The molecule has 260 valence electrons. The van der Waals surface area contributed by atoms with Crippen molar-refractivity contribution in [3.8, 4) is 11.5 Å². The SMILES string of the molecule is COc1cc2c(cc1OC[C@@H]1CCCO1)[C@H](c1ccc(Cl)cc1)N(c1ccc(N(C)CC3CCC(N4CC(=O)N(C)C4)CC3)nc1)C(=O)C2. The van der Waals surface area contributed by atoms with Crippen LogP contribution in [0.3, 0.4) is 0 Å². The molecule has 7 rings (SSSR count). The summed E-state index contributed by atoms with van der Waals surface area (Å²) in [5, 5.41) is 0.634. The summed E-state index contributed by atoms with van der Waals surface area (Å²) in [5.41, 5.74) is 3.56. The van der Waals surface area contributed by atoms with Crippen LogP contribution in [0.25, 0.3) is 0 Å². The van der Waals surface area contributed by atoms with E-state index in [1.165, 1.54) is 0 Å². The highest BCUT2D eigenvalue weighted by molar-refractivity contribution is 6.30. The van der Waals surface area contributed by atoms with E-state index in [1.54, 1.807) is 7.11 Å². The first-order chi connectivity index (χ1) is 23.8. The summed E-state index contributed by atoms with van der Waals surface area (Å²) in [4.78, 5) is 39.1. The molecule has 3 aromatic rings. The third-order valence-corrected chi connectivity index (χ3v) is 10.9. The predicted octanol–water partition coefficient (Wildman–Crippen LogP) is 5.71. The van der Waals surface area contributed by atoms with Crippen molar-refractivity contribution < 1.29 is 23.8 Å². The van der Waals surface area contributed by atoms with Gasteiger partial charge in [0.15, 0.2) is 11.5 Å². The number of hydrogen-bond donors (Lipinski definition) is 0. The molecule has 49 heavy (non-hydrogen) atoms. The van der Waals surface area contributed by atoms with Gasteiger partial charge < -0.3 is 24.0 Å². The van der Waals surface area contributed by atoms with Gasteiger partial charge in [-0.1, -0.05) is 23.7 Å². The van der Waals surface area contributed by atoms with E-state index >= 15 is 0 Å². The third kappa shape index (κ3) is 7.23. The largest absolute Gasteiger partial charge is 0.493 e. The molecule has 2 amide bonds. The molecule has 3 fully saturated rings. The number of nitrogens with zero attached hydrogens (tertiary/aromatic N) is 5. The van der Waals surface area contributed by atoms with E-state index in [0.29, 0.717) is 41.6 Å². The number of carbonyl (C=O) groups is 2. The monoisotopic (exact) mass is 687 g/mol. The number of rotatable bonds is 10. The average Bonchev–Trinajstić information content (AvgIpc) is 3.76. The number of anilines is 2. The Morgan fingerprint density at radius 3 is 2.45 bits per heavy atom. The van der Waals surface area contributed by atoms with Gasteiger partial charge in [-0.15, -0.1) is 0 Å². The van der Waals surface area contributed by atoms with E-state index in [4.69, 9.17) is 30.8 Å². The van der Waals surface area contributed by atoms with Crippen molar-refractivity contribution in [2.24, 2.45) is 5.92 Å². The predicted molar refractivity (Wildman–Crippen MR) is 190 cm³/mol. The van der Waals surface area contributed by atoms with Gasteiger partial charge in [-0.3, -0.25) is 19.4 Å². The number of amides is 2. The number of carbonyl (C=O) groups excluding carboxylic acids is 2. The summed E-state index contributed by atoms with van der Waals surface area (Å²) in [6, 6.07) is 15.7. The van der Waals surface area contributed by atoms with Gasteiger partial charge in [0, 0.05) is 38.3 Å². The van der Waals surface area contributed by atoms with Crippen LogP contribution in [0.5, 0.6) is 11.5 Å². The van der Waals surface area contributed by atoms with Crippen LogP contribution in [-0.4, -0.2) is 92.9 Å². The smallest absolute Gasteiger partial charge is 0.237 e. The minimum atomic E-state index is -0.407. The maximum absolute atomic E-state index is 14.0. The fourth-order valence-electron chi connectivity index (χ4n) is 7.91. The summed E-state index contributed by atoms with van der Waals surface area (Å²) in [5.74, 6) is 2.88. The Bertz CT molecular complexity index is 1640. The number of likely N-dealkylation sites (N-methyl/N-ethyl adjacent to an activating group) is 1. The van der Waals surface area contributed by atoms with Crippen molar-refractivity contribution in [3.05, 3.63) is 76.4 Å². The average molecular weight is 688 g/mol. The second kappa shape index (κ2) is 14.5. The van der Waals surface area contributed by atoms with Gasteiger partial charge in [0.05, 0.1) is 50.8 Å². The molecule has 0 unspecified atom stereocenters. The lowest BCUT2D eigenvalue weighted by atomic mass is 9.85. The molecule has 4 aliphatic rings. The van der Waals surface area contributed by atoms with Crippen molar-refractivity contribution >= 4 is 34.9 Å². The van der Waals surface area contributed by atoms with Gasteiger partial charge in [0.2, 0.25) is 11.8 Å². The summed E-state index contributed by atoms with van der Waals surface area (Å²) < 4.78 is 17.8. The minimum Gasteiger partial charge on any atom is -0.493 e. The summed E-state index contributed by atoms with van der Waals surface area (Å²) in [7, 11) is 5.60. The lowest BCUT2D eigenvalue weighted by Crippen LogP contribution is -2.41. The number of hydrogen-bond acceptors (Lipinski definition) is 8. The number of benzene rings is 2. The summed E-state index contributed by atoms with van der Waals surface area (Å²) >= 11 is 6.31. The number of aromatic nitrogens is 1. The highest BCUT2D eigenvalue weighted by atomic mass is 35.5. The zero-order chi connectivity index (χ0) is 34.1. The number of methoxy groups -OCH3 is 1. The lowest BCUT2D eigenvalue weighted by molar-refractivity contribution is -0.125. The van der Waals surface area contributed by atoms with E-state index < -0.39 is 6.04 Å². The van der Waals surface area contributed by atoms with E-state index in [-0.39, 0.29) is 24.3 Å². The maximum Gasteiger partial charge on any atom is 0.237 e. The van der Waals surface area contributed by atoms with Crippen molar-refractivity contribution in [2.75, 3.05) is 64.0 Å². The minimum absolute atomic E-state index is 0.0203. The topological polar surface area (TPSA) is 87.7 Å². The third-order valence-electron chi connectivity index (χ3n) is 10.6. The Morgan fingerprint density at radius 2 is 1.80 bits per heavy atom. The van der Waals surface area contributed by atoms with E-state index in [2.05, 4.69) is 16.8 Å². The lowest BCUT2D eigenvalue weighted by Gasteiger charge is -2.38. The van der Waals surface area contributed by atoms with Crippen LogP contribution in [0, 0.1) is 5.92 Å². The van der Waals surface area contributed by atoms with Gasteiger partial charge in [0.1, 0.15) is 12.4 Å². The normalized spacial score (nSPS) is 24.3. The highest BCUT2D eigenvalue weighted by Crippen LogP contribution is 2.44. The van der Waals surface area contributed by atoms with E-state index in [1.807, 2.05) is 71.6 Å². The number of pyridine rings is 1. The second-order valence-electron chi connectivity index (χ2n) is 14.0. The molecule has 11 heteroatoms. The Balaban J connectivity index is 1.09. The molecule has 2 atom stereocenters. The first-order valence-electron chi connectivity index (χ1n) is 17.4. The van der Waals surface area contributed by atoms with Crippen molar-refractivity contribution in [3.63, 3.8) is 0 Å². The van der Waals surface area contributed by atoms with Gasteiger partial charge in [-0.05, 0) is 97.5 Å². The van der Waals surface area contributed by atoms with Crippen LogP contribution < -0.4 is 19.3 Å². The first-order valence-corrected chi connectivity index (χ1v) is 17.8. The number of halogens is 1. The van der Waals surface area contributed by atoms with Crippen LogP contribution in [0.4, 0.5) is 11.5 Å². The molecule has 0 bridgehead atoms. The summed E-state index contributed by atoms with van der Waals surface area (Å²) in [6.07, 6.45) is 8.62. The second-order valence-corrected chi connectivity index (χ2v) is 14.4. The number of fused-ring (bicyclic) bond motifs is 1. The molecule has 2 saturated heterocycles. The quantitative estimate of drug-likeness (QED) is 0.268. The number of ether oxygens (including phenoxy) is 3. The van der Waals surface area contributed by atoms with Crippen LogP contribution in [0.2, 0.25) is 5.02 Å². The van der Waals surface area contributed by atoms with Gasteiger partial charge in [-0.2, -0.15) is 0 Å². The molecule has 3 aliphatic heterocycles. The van der Waals surface area contributed by atoms with Crippen molar-refractivity contribution in [1.82, 2.24) is 14.8 Å². The fraction of sp³-hybridized carbons (Fsp3) is 0.500. The van der Waals surface area contributed by atoms with Gasteiger partial charge in [-0.25, -0.2) is 4.98 Å². The molecule has 2 aromatic carbocycles. The standard InChI is InChI=1S/C38H46ClN5O5/c1-41(21-25-6-12-29(13-7-25)43-22-37(46)42(2)24-43)35-15-14-30(20-40-35)44-36(45)18-27-17-33(47-3)34(49-23-31-5-4-16-48-31)19-32(27)38(44)26-8-10-28(39)11-9-26/h8-11,14-15,17,19-20,25,29,31,38H,4-7,12-13,16,18,21-24H2,1-3H3/t25?,29?,31-,38-/m0/s1. The van der Waals surface area contributed by atoms with E-state index in [0.717, 1.165) is 86.5 Å². The van der Waals surface area contributed by atoms with Crippen LogP contribution in [0.15, 0.2) is 54.7 Å². The molecule has 4 heterocycles. The maximum atomic E-state index is 14.0. The Kier molecular flexibility index (Phi) is 9.99. The molecule has 0 radical (unpaired) electrons. The molecule has 10 nitrogen and oxygen atoms in total. The Hall–Kier alpha value is -3.86.